The molecule has 0 aromatic heterocycles. The number of hydrogen-bond acceptors (Lipinski definition) is 3. The van der Waals surface area contributed by atoms with Crippen molar-refractivity contribution >= 4 is 17.1 Å². The number of amides is 1. The molecule has 0 saturated carbocycles. The van der Waals surface area contributed by atoms with Crippen LogP contribution in [-0.2, 0) is 28.8 Å². The maximum atomic E-state index is 14.5. The summed E-state index contributed by atoms with van der Waals surface area (Å²) in [5.41, 5.74) is 0.949. The van der Waals surface area contributed by atoms with Crippen molar-refractivity contribution in [1.29, 1.82) is 0 Å². The molecule has 196 valence electrons. The molecule has 1 amide bonds. The molecule has 2 unspecified atom stereocenters. The van der Waals surface area contributed by atoms with Gasteiger partial charge in [-0.3, -0.25) is 0 Å². The molecule has 0 spiro atoms. The van der Waals surface area contributed by atoms with Crippen molar-refractivity contribution in [2.24, 2.45) is 5.92 Å². The van der Waals surface area contributed by atoms with Crippen LogP contribution in [-0.4, -0.2) is 38.1 Å². The Kier molecular flexibility index (Phi) is 8.09. The molecule has 2 saturated heterocycles. The summed E-state index contributed by atoms with van der Waals surface area (Å²) in [4.78, 5) is 14.8. The summed E-state index contributed by atoms with van der Waals surface area (Å²) in [6.45, 7) is 5.70. The van der Waals surface area contributed by atoms with Gasteiger partial charge in [-0.05, 0) is 76.0 Å². The Balaban J connectivity index is 1.49. The van der Waals surface area contributed by atoms with E-state index in [1.54, 1.807) is 0 Å². The molecule has 2 aliphatic heterocycles. The van der Waals surface area contributed by atoms with Crippen molar-refractivity contribution in [3.05, 3.63) is 71.0 Å². The number of ether oxygens (including phenoxy) is 1. The van der Waals surface area contributed by atoms with Gasteiger partial charge in [-0.1, -0.05) is 30.3 Å². The fraction of sp³-hybridized carbons (Fsp3) is 0.519. The zero-order valence-electron chi connectivity index (χ0n) is 20.8. The molecule has 1 N–H and O–H groups in total. The van der Waals surface area contributed by atoms with Crippen molar-refractivity contribution < 1.29 is 26.9 Å². The average molecular weight is 523 g/mol. The van der Waals surface area contributed by atoms with E-state index in [0.29, 0.717) is 18.9 Å². The van der Waals surface area contributed by atoms with Crippen LogP contribution >= 0.6 is 0 Å². The van der Waals surface area contributed by atoms with Gasteiger partial charge in [0, 0.05) is 24.2 Å². The minimum atomic E-state index is -1.45. The first-order valence-electron chi connectivity index (χ1n) is 12.3. The van der Waals surface area contributed by atoms with Gasteiger partial charge in [-0.15, -0.1) is 0 Å². The molecular formula is C27H33F3N2O3S. The Labute approximate surface area is 213 Å². The number of benzene rings is 2. The number of carbonyl (C=O) groups excluding carboxylic acids is 1. The van der Waals surface area contributed by atoms with E-state index in [-0.39, 0.29) is 42.7 Å². The van der Waals surface area contributed by atoms with Crippen LogP contribution in [0.3, 0.4) is 0 Å². The van der Waals surface area contributed by atoms with Gasteiger partial charge >= 0.3 is 6.09 Å². The lowest BCUT2D eigenvalue weighted by molar-refractivity contribution is 0.0484. The first-order chi connectivity index (χ1) is 17.0. The van der Waals surface area contributed by atoms with E-state index >= 15 is 0 Å². The van der Waals surface area contributed by atoms with Crippen molar-refractivity contribution in [3.63, 3.8) is 0 Å². The van der Waals surface area contributed by atoms with Crippen LogP contribution in [0, 0.1) is 23.4 Å². The molecule has 0 aliphatic carbocycles. The van der Waals surface area contributed by atoms with Crippen molar-refractivity contribution in [2.45, 2.75) is 82.4 Å². The predicted molar refractivity (Wildman–Crippen MR) is 133 cm³/mol. The number of nitrogens with zero attached hydrogens (tertiary/aromatic N) is 1. The lowest BCUT2D eigenvalue weighted by Crippen LogP contribution is -2.52. The van der Waals surface area contributed by atoms with Crippen LogP contribution < -0.4 is 4.72 Å². The summed E-state index contributed by atoms with van der Waals surface area (Å²) >= 11 is 0. The lowest BCUT2D eigenvalue weighted by atomic mass is 9.83. The molecule has 9 heteroatoms. The van der Waals surface area contributed by atoms with Crippen LogP contribution in [0.25, 0.3) is 0 Å². The van der Waals surface area contributed by atoms with Crippen molar-refractivity contribution in [1.82, 2.24) is 9.62 Å². The predicted octanol–water partition coefficient (Wildman–Crippen LogP) is 5.65. The van der Waals surface area contributed by atoms with Crippen LogP contribution in [0.15, 0.2) is 42.5 Å². The summed E-state index contributed by atoms with van der Waals surface area (Å²) in [5.74, 6) is -3.20. The standard InChI is InChI=1S/C27H33F3N2O3S/c1-27(2,3)36(34)31-25(14-18-13-23(29)24(30)15-22(18)28)19-11-20-9-10-21(12-19)32(20)26(33)35-16-17-7-5-4-6-8-17/h4-8,13,15,19-21,25,31H,9-12,14,16H2,1-3H3/t19?,20?,21?,25-,36-/m0/s1. The first-order valence-corrected chi connectivity index (χ1v) is 13.5. The summed E-state index contributed by atoms with van der Waals surface area (Å²) in [7, 11) is -1.45. The Morgan fingerprint density at radius 3 is 2.28 bits per heavy atom. The third-order valence-corrected chi connectivity index (χ3v) is 8.73. The molecule has 2 fully saturated rings. The van der Waals surface area contributed by atoms with Crippen LogP contribution in [0.4, 0.5) is 18.0 Å². The Hall–Kier alpha value is -2.39. The summed E-state index contributed by atoms with van der Waals surface area (Å²) in [5, 5.41) is 0. The van der Waals surface area contributed by atoms with Gasteiger partial charge in [0.05, 0.1) is 15.7 Å². The molecule has 2 aliphatic rings. The smallest absolute Gasteiger partial charge is 0.410 e. The first kappa shape index (κ1) is 26.7. The lowest BCUT2D eigenvalue weighted by Gasteiger charge is -2.41. The van der Waals surface area contributed by atoms with Crippen molar-refractivity contribution in [2.75, 3.05) is 0 Å². The number of piperidine rings is 1. The minimum absolute atomic E-state index is 0.0283. The second kappa shape index (κ2) is 10.9. The average Bonchev–Trinajstić information content (AvgIpc) is 3.09. The zero-order valence-corrected chi connectivity index (χ0v) is 21.6. The van der Waals surface area contributed by atoms with E-state index < -0.39 is 39.2 Å². The van der Waals surface area contributed by atoms with E-state index in [1.165, 1.54) is 0 Å². The van der Waals surface area contributed by atoms with Gasteiger partial charge in [0.1, 0.15) is 12.4 Å². The van der Waals surface area contributed by atoms with E-state index in [4.69, 9.17) is 4.74 Å². The number of hydrogen-bond donors (Lipinski definition) is 1. The molecular weight excluding hydrogens is 489 g/mol. The second-order valence-corrected chi connectivity index (χ2v) is 12.7. The van der Waals surface area contributed by atoms with Gasteiger partial charge in [0.2, 0.25) is 0 Å². The number of fused-ring (bicyclic) bond motifs is 2. The van der Waals surface area contributed by atoms with Crippen LogP contribution in [0.2, 0.25) is 0 Å². The molecule has 2 heterocycles. The zero-order chi connectivity index (χ0) is 26.0. The molecule has 4 atom stereocenters. The third-order valence-electron chi connectivity index (χ3n) is 7.10. The Bertz CT molecular complexity index is 1100. The van der Waals surface area contributed by atoms with Crippen LogP contribution in [0.5, 0.6) is 0 Å². The highest BCUT2D eigenvalue weighted by atomic mass is 32.2. The third kappa shape index (κ3) is 6.11. The molecule has 2 bridgehead atoms. The largest absolute Gasteiger partial charge is 0.445 e. The van der Waals surface area contributed by atoms with Gasteiger partial charge in [0.25, 0.3) is 0 Å². The fourth-order valence-corrected chi connectivity index (χ4v) is 6.12. The minimum Gasteiger partial charge on any atom is -0.445 e. The molecule has 2 aromatic carbocycles. The number of carbonyl (C=O) groups is 1. The Morgan fingerprint density at radius 1 is 1.06 bits per heavy atom. The van der Waals surface area contributed by atoms with Crippen LogP contribution in [0.1, 0.15) is 57.6 Å². The van der Waals surface area contributed by atoms with E-state index in [0.717, 1.165) is 24.5 Å². The summed E-state index contributed by atoms with van der Waals surface area (Å²) in [6, 6.07) is 10.4. The van der Waals surface area contributed by atoms with E-state index in [1.807, 2.05) is 56.0 Å². The van der Waals surface area contributed by atoms with E-state index in [2.05, 4.69) is 4.72 Å². The SMILES string of the molecule is CC(C)(C)[S@](=O)N[C@@H](Cc1cc(F)c(F)cc1F)C1CC2CCC(C1)N2C(=O)OCc1ccccc1. The summed E-state index contributed by atoms with van der Waals surface area (Å²) in [6.07, 6.45) is 2.63. The molecule has 2 aromatic rings. The second-order valence-electron chi connectivity index (χ2n) is 10.7. The van der Waals surface area contributed by atoms with Gasteiger partial charge in [0.15, 0.2) is 11.6 Å². The van der Waals surface area contributed by atoms with Gasteiger partial charge < -0.3 is 9.64 Å². The Morgan fingerprint density at radius 2 is 1.67 bits per heavy atom. The summed E-state index contributed by atoms with van der Waals surface area (Å²) < 4.78 is 63.0. The van der Waals surface area contributed by atoms with Gasteiger partial charge in [-0.2, -0.15) is 0 Å². The maximum absolute atomic E-state index is 14.5. The highest BCUT2D eigenvalue weighted by Crippen LogP contribution is 2.41. The number of rotatable bonds is 7. The topological polar surface area (TPSA) is 58.6 Å². The number of halogens is 3. The van der Waals surface area contributed by atoms with E-state index in [9.17, 15) is 22.2 Å². The monoisotopic (exact) mass is 522 g/mol. The molecule has 36 heavy (non-hydrogen) atoms. The number of nitrogens with one attached hydrogen (secondary N) is 1. The quantitative estimate of drug-likeness (QED) is 0.479. The molecule has 0 radical (unpaired) electrons. The molecule has 5 nitrogen and oxygen atoms in total. The highest BCUT2D eigenvalue weighted by molar-refractivity contribution is 7.84. The maximum Gasteiger partial charge on any atom is 0.410 e. The van der Waals surface area contributed by atoms with Crippen molar-refractivity contribution in [3.8, 4) is 0 Å². The molecule has 4 rings (SSSR count). The van der Waals surface area contributed by atoms with Gasteiger partial charge in [-0.25, -0.2) is 26.9 Å². The fourth-order valence-electron chi connectivity index (χ4n) is 5.22. The normalized spacial score (nSPS) is 23.4. The highest BCUT2D eigenvalue weighted by Gasteiger charge is 2.46.